The van der Waals surface area contributed by atoms with E-state index >= 15 is 0 Å². The number of guanidine groups is 1. The topological polar surface area (TPSA) is 39.7 Å². The minimum atomic E-state index is 0. The fourth-order valence-electron chi connectivity index (χ4n) is 2.53. The molecular formula is C18H31IN4. The van der Waals surface area contributed by atoms with Gasteiger partial charge >= 0.3 is 0 Å². The third kappa shape index (κ3) is 7.08. The van der Waals surface area contributed by atoms with Gasteiger partial charge in [0.1, 0.15) is 0 Å². The summed E-state index contributed by atoms with van der Waals surface area (Å²) in [7, 11) is 1.84. The van der Waals surface area contributed by atoms with E-state index in [4.69, 9.17) is 0 Å². The van der Waals surface area contributed by atoms with E-state index in [0.717, 1.165) is 44.6 Å². The van der Waals surface area contributed by atoms with Gasteiger partial charge in [-0.1, -0.05) is 38.1 Å². The Morgan fingerprint density at radius 3 is 2.35 bits per heavy atom. The zero-order valence-corrected chi connectivity index (χ0v) is 17.0. The van der Waals surface area contributed by atoms with Gasteiger partial charge < -0.3 is 10.6 Å². The van der Waals surface area contributed by atoms with Crippen molar-refractivity contribution in [3.8, 4) is 0 Å². The highest BCUT2D eigenvalue weighted by molar-refractivity contribution is 14.0. The van der Waals surface area contributed by atoms with Crippen LogP contribution in [0, 0.1) is 5.92 Å². The van der Waals surface area contributed by atoms with Crippen LogP contribution in [0.1, 0.15) is 37.8 Å². The highest BCUT2D eigenvalue weighted by atomic mass is 127. The molecule has 1 aliphatic carbocycles. The molecule has 2 rings (SSSR count). The number of benzene rings is 1. The summed E-state index contributed by atoms with van der Waals surface area (Å²) in [6.07, 6.45) is 2.72. The maximum Gasteiger partial charge on any atom is 0.191 e. The number of nitrogens with zero attached hydrogens (tertiary/aromatic N) is 2. The molecule has 0 radical (unpaired) electrons. The molecule has 0 saturated heterocycles. The molecule has 0 amide bonds. The number of hydrogen-bond acceptors (Lipinski definition) is 2. The largest absolute Gasteiger partial charge is 0.356 e. The smallest absolute Gasteiger partial charge is 0.191 e. The molecule has 0 aromatic heterocycles. The minimum absolute atomic E-state index is 0. The molecule has 0 spiro atoms. The lowest BCUT2D eigenvalue weighted by Crippen LogP contribution is -2.38. The first-order chi connectivity index (χ1) is 10.8. The predicted molar refractivity (Wildman–Crippen MR) is 109 cm³/mol. The Morgan fingerprint density at radius 1 is 1.13 bits per heavy atom. The van der Waals surface area contributed by atoms with Gasteiger partial charge in [-0.3, -0.25) is 9.89 Å². The summed E-state index contributed by atoms with van der Waals surface area (Å²) in [6, 6.07) is 8.68. The van der Waals surface area contributed by atoms with Crippen molar-refractivity contribution in [2.75, 3.05) is 26.7 Å². The van der Waals surface area contributed by atoms with Crippen molar-refractivity contribution in [1.29, 1.82) is 0 Å². The Morgan fingerprint density at radius 2 is 1.78 bits per heavy atom. The zero-order chi connectivity index (χ0) is 15.8. The van der Waals surface area contributed by atoms with E-state index in [0.29, 0.717) is 0 Å². The maximum absolute atomic E-state index is 4.31. The molecule has 0 unspecified atom stereocenters. The lowest BCUT2D eigenvalue weighted by molar-refractivity contribution is 0.295. The SMILES string of the molecule is CCN(CC)Cc1ccccc1CNC(=NC)NCC1CC1.I. The van der Waals surface area contributed by atoms with Gasteiger partial charge in [-0.05, 0) is 43.0 Å². The van der Waals surface area contributed by atoms with Gasteiger partial charge in [0.15, 0.2) is 5.96 Å². The summed E-state index contributed by atoms with van der Waals surface area (Å²) < 4.78 is 0. The van der Waals surface area contributed by atoms with E-state index in [1.54, 1.807) is 0 Å². The average Bonchev–Trinajstić information content (AvgIpc) is 3.38. The normalized spacial score (nSPS) is 14.5. The Kier molecular flexibility index (Phi) is 9.55. The van der Waals surface area contributed by atoms with Crippen LogP contribution in [0.3, 0.4) is 0 Å². The van der Waals surface area contributed by atoms with Crippen LogP contribution in [0.4, 0.5) is 0 Å². The summed E-state index contributed by atoms with van der Waals surface area (Å²) in [5, 5.41) is 6.85. The molecule has 1 fully saturated rings. The molecule has 1 aromatic rings. The summed E-state index contributed by atoms with van der Waals surface area (Å²) >= 11 is 0. The van der Waals surface area contributed by atoms with Crippen molar-refractivity contribution in [2.45, 2.75) is 39.8 Å². The molecule has 1 aliphatic rings. The third-order valence-electron chi connectivity index (χ3n) is 4.33. The second-order valence-corrected chi connectivity index (χ2v) is 5.98. The first-order valence-electron chi connectivity index (χ1n) is 8.50. The Labute approximate surface area is 158 Å². The van der Waals surface area contributed by atoms with Crippen molar-refractivity contribution < 1.29 is 0 Å². The zero-order valence-electron chi connectivity index (χ0n) is 14.6. The highest BCUT2D eigenvalue weighted by Crippen LogP contribution is 2.27. The molecule has 0 heterocycles. The van der Waals surface area contributed by atoms with E-state index in [2.05, 4.69) is 58.6 Å². The fourth-order valence-corrected chi connectivity index (χ4v) is 2.53. The van der Waals surface area contributed by atoms with Crippen molar-refractivity contribution >= 4 is 29.9 Å². The number of halogens is 1. The maximum atomic E-state index is 4.31. The van der Waals surface area contributed by atoms with Crippen LogP contribution in [0.5, 0.6) is 0 Å². The second-order valence-electron chi connectivity index (χ2n) is 5.98. The van der Waals surface area contributed by atoms with E-state index in [1.165, 1.54) is 24.0 Å². The van der Waals surface area contributed by atoms with Crippen LogP contribution < -0.4 is 10.6 Å². The van der Waals surface area contributed by atoms with Crippen molar-refractivity contribution in [3.05, 3.63) is 35.4 Å². The van der Waals surface area contributed by atoms with Gasteiger partial charge in [-0.2, -0.15) is 0 Å². The van der Waals surface area contributed by atoms with Gasteiger partial charge in [0.05, 0.1) is 0 Å². The molecule has 5 heteroatoms. The van der Waals surface area contributed by atoms with Gasteiger partial charge in [-0.15, -0.1) is 24.0 Å². The Balaban J connectivity index is 0.00000264. The number of nitrogens with one attached hydrogen (secondary N) is 2. The van der Waals surface area contributed by atoms with E-state index in [-0.39, 0.29) is 24.0 Å². The highest BCUT2D eigenvalue weighted by Gasteiger charge is 2.21. The molecular weight excluding hydrogens is 399 g/mol. The Bertz CT molecular complexity index is 482. The minimum Gasteiger partial charge on any atom is -0.356 e. The van der Waals surface area contributed by atoms with Crippen molar-refractivity contribution in [1.82, 2.24) is 15.5 Å². The van der Waals surface area contributed by atoms with Crippen molar-refractivity contribution in [3.63, 3.8) is 0 Å². The van der Waals surface area contributed by atoms with Crippen LogP contribution in [0.15, 0.2) is 29.3 Å². The summed E-state index contributed by atoms with van der Waals surface area (Å²) in [5.41, 5.74) is 2.75. The van der Waals surface area contributed by atoms with Crippen LogP contribution in [-0.2, 0) is 13.1 Å². The molecule has 2 N–H and O–H groups in total. The van der Waals surface area contributed by atoms with Crippen LogP contribution in [-0.4, -0.2) is 37.5 Å². The molecule has 130 valence electrons. The molecule has 1 aromatic carbocycles. The lowest BCUT2D eigenvalue weighted by atomic mass is 10.1. The molecule has 1 saturated carbocycles. The number of rotatable bonds is 8. The van der Waals surface area contributed by atoms with Gasteiger partial charge in [0.2, 0.25) is 0 Å². The summed E-state index contributed by atoms with van der Waals surface area (Å²) in [6.45, 7) is 9.48. The van der Waals surface area contributed by atoms with Crippen LogP contribution in [0.2, 0.25) is 0 Å². The quantitative estimate of drug-likeness (QED) is 0.378. The first-order valence-corrected chi connectivity index (χ1v) is 8.50. The number of hydrogen-bond donors (Lipinski definition) is 2. The second kappa shape index (κ2) is 10.9. The standard InChI is InChI=1S/C18H30N4.HI/c1-4-22(5-2)14-17-9-7-6-8-16(17)13-21-18(19-3)20-12-15-10-11-15;/h6-9,15H,4-5,10-14H2,1-3H3,(H2,19,20,21);1H. The third-order valence-corrected chi connectivity index (χ3v) is 4.33. The average molecular weight is 430 g/mol. The van der Waals surface area contributed by atoms with Crippen LogP contribution in [0.25, 0.3) is 0 Å². The van der Waals surface area contributed by atoms with Crippen LogP contribution >= 0.6 is 24.0 Å². The monoisotopic (exact) mass is 430 g/mol. The lowest BCUT2D eigenvalue weighted by Gasteiger charge is -2.20. The number of aliphatic imine (C=N–C) groups is 1. The molecule has 0 bridgehead atoms. The van der Waals surface area contributed by atoms with E-state index in [9.17, 15) is 0 Å². The predicted octanol–water partition coefficient (Wildman–Crippen LogP) is 3.22. The summed E-state index contributed by atoms with van der Waals surface area (Å²) in [5.74, 6) is 1.76. The first kappa shape index (κ1) is 20.2. The molecule has 0 aliphatic heterocycles. The fraction of sp³-hybridized carbons (Fsp3) is 0.611. The summed E-state index contributed by atoms with van der Waals surface area (Å²) in [4.78, 5) is 6.75. The Hall–Kier alpha value is -0.820. The molecule has 4 nitrogen and oxygen atoms in total. The molecule has 0 atom stereocenters. The van der Waals surface area contributed by atoms with Gasteiger partial charge in [0.25, 0.3) is 0 Å². The van der Waals surface area contributed by atoms with E-state index in [1.807, 2.05) is 7.05 Å². The van der Waals surface area contributed by atoms with E-state index < -0.39 is 0 Å². The molecule has 23 heavy (non-hydrogen) atoms. The van der Waals surface area contributed by atoms with Gasteiger partial charge in [0, 0.05) is 26.7 Å². The van der Waals surface area contributed by atoms with Gasteiger partial charge in [-0.25, -0.2) is 0 Å². The van der Waals surface area contributed by atoms with Crippen molar-refractivity contribution in [2.24, 2.45) is 10.9 Å².